The summed E-state index contributed by atoms with van der Waals surface area (Å²) in [6.45, 7) is 5.17. The Labute approximate surface area is 183 Å². The van der Waals surface area contributed by atoms with Crippen LogP contribution in [0.5, 0.6) is 0 Å². The first-order valence-corrected chi connectivity index (χ1v) is 12.4. The van der Waals surface area contributed by atoms with Crippen LogP contribution in [0.3, 0.4) is 0 Å². The molecule has 1 aliphatic heterocycles. The summed E-state index contributed by atoms with van der Waals surface area (Å²) in [5.41, 5.74) is 4.12. The van der Waals surface area contributed by atoms with E-state index in [0.29, 0.717) is 37.4 Å². The number of H-pyrrole nitrogens is 1. The molecule has 31 heavy (non-hydrogen) atoms. The molecule has 0 saturated carbocycles. The molecule has 1 N–H and O–H groups in total. The van der Waals surface area contributed by atoms with Crippen molar-refractivity contribution in [2.75, 3.05) is 24.5 Å². The van der Waals surface area contributed by atoms with Gasteiger partial charge in [-0.3, -0.25) is 4.79 Å². The molecule has 1 amide bonds. The fourth-order valence-electron chi connectivity index (χ4n) is 4.41. The van der Waals surface area contributed by atoms with E-state index in [2.05, 4.69) is 17.1 Å². The molecule has 1 aliphatic rings. The number of rotatable bonds is 8. The number of sulfonamides is 1. The maximum absolute atomic E-state index is 12.9. The number of anilines is 1. The summed E-state index contributed by atoms with van der Waals surface area (Å²) in [6.07, 6.45) is 4.81. The number of para-hydroxylation sites is 1. The zero-order valence-corrected chi connectivity index (χ0v) is 18.9. The van der Waals surface area contributed by atoms with Gasteiger partial charge in [0.2, 0.25) is 15.9 Å². The number of hydrogen-bond donors (Lipinski definition) is 1. The van der Waals surface area contributed by atoms with Crippen LogP contribution >= 0.6 is 0 Å². The van der Waals surface area contributed by atoms with Crippen molar-refractivity contribution in [3.8, 4) is 0 Å². The third-order valence-corrected chi connectivity index (χ3v) is 8.15. The average molecular weight is 440 g/mol. The van der Waals surface area contributed by atoms with Crippen LogP contribution in [0.2, 0.25) is 0 Å². The summed E-state index contributed by atoms with van der Waals surface area (Å²) in [7, 11) is -3.49. The van der Waals surface area contributed by atoms with Crippen molar-refractivity contribution in [3.05, 3.63) is 59.8 Å². The lowest BCUT2D eigenvalue weighted by molar-refractivity contribution is -0.118. The van der Waals surface area contributed by atoms with Gasteiger partial charge < -0.3 is 9.88 Å². The topological polar surface area (TPSA) is 73.5 Å². The van der Waals surface area contributed by atoms with Gasteiger partial charge in [0.05, 0.1) is 4.90 Å². The Hall–Kier alpha value is -2.64. The largest absolute Gasteiger partial charge is 0.361 e. The van der Waals surface area contributed by atoms with Gasteiger partial charge in [-0.15, -0.1) is 0 Å². The predicted octanol–water partition coefficient (Wildman–Crippen LogP) is 4.11. The average Bonchev–Trinajstić information content (AvgIpc) is 3.38. The van der Waals surface area contributed by atoms with Crippen molar-refractivity contribution in [2.24, 2.45) is 0 Å². The minimum atomic E-state index is -3.49. The van der Waals surface area contributed by atoms with E-state index in [4.69, 9.17) is 0 Å². The Balaban J connectivity index is 1.42. The van der Waals surface area contributed by atoms with Crippen molar-refractivity contribution in [3.63, 3.8) is 0 Å². The SMILES string of the molecule is CCN(CC)S(=O)(=O)c1ccc2c(c1)CCN2C(=O)CCCc1c[nH]c2ccccc12. The summed E-state index contributed by atoms with van der Waals surface area (Å²) in [5.74, 6) is 0.0953. The number of fused-ring (bicyclic) bond motifs is 2. The highest BCUT2D eigenvalue weighted by molar-refractivity contribution is 7.89. The van der Waals surface area contributed by atoms with Gasteiger partial charge in [0.15, 0.2) is 0 Å². The van der Waals surface area contributed by atoms with Crippen LogP contribution in [-0.4, -0.2) is 43.2 Å². The van der Waals surface area contributed by atoms with E-state index in [0.717, 1.165) is 29.6 Å². The van der Waals surface area contributed by atoms with Gasteiger partial charge in [0.25, 0.3) is 0 Å². The number of amides is 1. The summed E-state index contributed by atoms with van der Waals surface area (Å²) in [4.78, 5) is 18.3. The standard InChI is InChI=1S/C24H29N3O3S/c1-3-26(4-2)31(29,30)20-12-13-23-18(16-20)14-15-27(23)24(28)11-7-8-19-17-25-22-10-6-5-9-21(19)22/h5-6,9-10,12-13,16-17,25H,3-4,7-8,11,14-15H2,1-2H3. The summed E-state index contributed by atoms with van der Waals surface area (Å²) >= 11 is 0. The number of carbonyl (C=O) groups excluding carboxylic acids is 1. The van der Waals surface area contributed by atoms with Crippen molar-refractivity contribution in [1.29, 1.82) is 0 Å². The Morgan fingerprint density at radius 1 is 1.13 bits per heavy atom. The lowest BCUT2D eigenvalue weighted by atomic mass is 10.1. The van der Waals surface area contributed by atoms with Crippen LogP contribution < -0.4 is 4.90 Å². The molecule has 2 heterocycles. The van der Waals surface area contributed by atoms with Crippen LogP contribution in [-0.2, 0) is 27.7 Å². The van der Waals surface area contributed by atoms with Crippen molar-refractivity contribution >= 4 is 32.5 Å². The molecule has 0 atom stereocenters. The molecule has 6 nitrogen and oxygen atoms in total. The third kappa shape index (κ3) is 4.12. The first-order valence-electron chi connectivity index (χ1n) is 10.9. The highest BCUT2D eigenvalue weighted by atomic mass is 32.2. The van der Waals surface area contributed by atoms with E-state index in [1.807, 2.05) is 32.2 Å². The van der Waals surface area contributed by atoms with Crippen LogP contribution in [0, 0.1) is 0 Å². The first kappa shape index (κ1) is 21.6. The van der Waals surface area contributed by atoms with Gasteiger partial charge in [-0.2, -0.15) is 4.31 Å². The van der Waals surface area contributed by atoms with Crippen molar-refractivity contribution in [1.82, 2.24) is 9.29 Å². The van der Waals surface area contributed by atoms with E-state index >= 15 is 0 Å². The number of nitrogens with zero attached hydrogens (tertiary/aromatic N) is 2. The second-order valence-electron chi connectivity index (χ2n) is 7.89. The van der Waals surface area contributed by atoms with Gasteiger partial charge in [-0.25, -0.2) is 8.42 Å². The zero-order valence-electron chi connectivity index (χ0n) is 18.1. The number of aromatic amines is 1. The van der Waals surface area contributed by atoms with E-state index in [1.54, 1.807) is 23.1 Å². The second-order valence-corrected chi connectivity index (χ2v) is 9.83. The van der Waals surface area contributed by atoms with Crippen molar-refractivity contribution < 1.29 is 13.2 Å². The molecule has 4 rings (SSSR count). The molecule has 0 spiro atoms. The van der Waals surface area contributed by atoms with E-state index in [9.17, 15) is 13.2 Å². The molecule has 164 valence electrons. The monoisotopic (exact) mass is 439 g/mol. The number of hydrogen-bond acceptors (Lipinski definition) is 3. The lowest BCUT2D eigenvalue weighted by Crippen LogP contribution is -2.30. The Kier molecular flexibility index (Phi) is 6.16. The number of nitrogens with one attached hydrogen (secondary N) is 1. The lowest BCUT2D eigenvalue weighted by Gasteiger charge is -2.20. The quantitative estimate of drug-likeness (QED) is 0.574. The van der Waals surface area contributed by atoms with Gasteiger partial charge >= 0.3 is 0 Å². The Morgan fingerprint density at radius 3 is 2.68 bits per heavy atom. The highest BCUT2D eigenvalue weighted by Gasteiger charge is 2.28. The Bertz CT molecular complexity index is 1200. The smallest absolute Gasteiger partial charge is 0.243 e. The minimum absolute atomic E-state index is 0.0953. The normalized spacial score (nSPS) is 13.8. The molecule has 0 aliphatic carbocycles. The molecule has 7 heteroatoms. The molecule has 0 fully saturated rings. The van der Waals surface area contributed by atoms with Crippen LogP contribution in [0.25, 0.3) is 10.9 Å². The third-order valence-electron chi connectivity index (χ3n) is 6.10. The number of aryl methyl sites for hydroxylation is 1. The van der Waals surface area contributed by atoms with Gasteiger partial charge in [-0.1, -0.05) is 32.0 Å². The van der Waals surface area contributed by atoms with Crippen LogP contribution in [0.4, 0.5) is 5.69 Å². The minimum Gasteiger partial charge on any atom is -0.361 e. The second kappa shape index (κ2) is 8.85. The van der Waals surface area contributed by atoms with E-state index in [1.165, 1.54) is 15.3 Å². The maximum Gasteiger partial charge on any atom is 0.243 e. The van der Waals surface area contributed by atoms with Gasteiger partial charge in [0.1, 0.15) is 0 Å². The molecular weight excluding hydrogens is 410 g/mol. The van der Waals surface area contributed by atoms with Gasteiger partial charge in [-0.05, 0) is 54.7 Å². The highest BCUT2D eigenvalue weighted by Crippen LogP contribution is 2.32. The number of benzene rings is 2. The molecule has 3 aromatic rings. The van der Waals surface area contributed by atoms with Gasteiger partial charge in [0, 0.05) is 48.8 Å². The fourth-order valence-corrected chi connectivity index (χ4v) is 5.92. The molecule has 1 aromatic heterocycles. The zero-order chi connectivity index (χ0) is 22.0. The molecule has 0 bridgehead atoms. The fraction of sp³-hybridized carbons (Fsp3) is 0.375. The summed E-state index contributed by atoms with van der Waals surface area (Å²) in [6, 6.07) is 13.3. The first-order chi connectivity index (χ1) is 15.0. The van der Waals surface area contributed by atoms with E-state index < -0.39 is 10.0 Å². The van der Waals surface area contributed by atoms with Crippen LogP contribution in [0.1, 0.15) is 37.8 Å². The van der Waals surface area contributed by atoms with E-state index in [-0.39, 0.29) is 5.91 Å². The number of carbonyl (C=O) groups is 1. The molecule has 2 aromatic carbocycles. The summed E-state index contributed by atoms with van der Waals surface area (Å²) in [5, 5.41) is 1.21. The summed E-state index contributed by atoms with van der Waals surface area (Å²) < 4.78 is 27.1. The molecule has 0 radical (unpaired) electrons. The predicted molar refractivity (Wildman–Crippen MR) is 124 cm³/mol. The molecule has 0 unspecified atom stereocenters. The Morgan fingerprint density at radius 2 is 1.90 bits per heavy atom. The maximum atomic E-state index is 12.9. The number of aromatic nitrogens is 1. The van der Waals surface area contributed by atoms with Crippen molar-refractivity contribution in [2.45, 2.75) is 44.4 Å². The molecular formula is C24H29N3O3S. The van der Waals surface area contributed by atoms with Crippen LogP contribution in [0.15, 0.2) is 53.6 Å². The molecule has 0 saturated heterocycles.